The van der Waals surface area contributed by atoms with Crippen LogP contribution in [0, 0.1) is 0 Å². The summed E-state index contributed by atoms with van der Waals surface area (Å²) >= 11 is 0. The first-order valence-corrected chi connectivity index (χ1v) is 2.63. The smallest absolute Gasteiger partial charge is 0.423 e. The average molecular weight is 118 g/mol. The second-order valence-electron chi connectivity index (χ2n) is 1.63. The molecule has 0 aliphatic heterocycles. The van der Waals surface area contributed by atoms with E-state index in [1.807, 2.05) is 6.92 Å². The summed E-state index contributed by atoms with van der Waals surface area (Å²) in [4.78, 5) is 11.3. The van der Waals surface area contributed by atoms with Gasteiger partial charge < -0.3 is 4.74 Å². The van der Waals surface area contributed by atoms with Crippen molar-refractivity contribution in [1.29, 1.82) is 0 Å². The Morgan fingerprint density at radius 3 is 2.38 bits per heavy atom. The zero-order valence-corrected chi connectivity index (χ0v) is 5.52. The molecule has 3 nitrogen and oxygen atoms in total. The van der Waals surface area contributed by atoms with Crippen LogP contribution in [0.2, 0.25) is 0 Å². The molecule has 0 aliphatic carbocycles. The number of amides is 1. The molecule has 0 aromatic heterocycles. The Morgan fingerprint density at radius 1 is 1.75 bits per heavy atom. The molecular weight excluding hydrogens is 106 g/mol. The second-order valence-corrected chi connectivity index (χ2v) is 1.63. The average Bonchev–Trinajstić information content (AvgIpc) is 1.84. The van der Waals surface area contributed by atoms with Crippen LogP contribution in [0.3, 0.4) is 0 Å². The largest absolute Gasteiger partial charge is 0.513 e. The van der Waals surface area contributed by atoms with Gasteiger partial charge >= 0.3 is 6.09 Å². The summed E-state index contributed by atoms with van der Waals surface area (Å²) in [5.74, 6) is 0. The minimum atomic E-state index is -0.201. The highest BCUT2D eigenvalue weighted by Gasteiger charge is 2.09. The Balaban J connectivity index is 3.46. The predicted octanol–water partition coefficient (Wildman–Crippen LogP) is -0.713. The van der Waals surface area contributed by atoms with Crippen molar-refractivity contribution in [2.75, 3.05) is 20.7 Å². The molecule has 0 spiro atoms. The van der Waals surface area contributed by atoms with Crippen molar-refractivity contribution in [3.05, 3.63) is 0 Å². The molecule has 1 atom stereocenters. The van der Waals surface area contributed by atoms with Crippen LogP contribution in [0.5, 0.6) is 0 Å². The lowest BCUT2D eigenvalue weighted by Crippen LogP contribution is -3.11. The van der Waals surface area contributed by atoms with Crippen molar-refractivity contribution in [3.63, 3.8) is 0 Å². The number of carbonyl (C=O) groups is 1. The Hall–Kier alpha value is -0.570. The van der Waals surface area contributed by atoms with Gasteiger partial charge in [0.1, 0.15) is 0 Å². The van der Waals surface area contributed by atoms with Crippen LogP contribution in [-0.2, 0) is 4.74 Å². The fourth-order valence-electron chi connectivity index (χ4n) is 0.319. The van der Waals surface area contributed by atoms with Gasteiger partial charge in [0.05, 0.1) is 20.7 Å². The summed E-state index contributed by atoms with van der Waals surface area (Å²) in [6, 6.07) is 0. The molecular formula is C5H12NO2+. The first-order valence-electron chi connectivity index (χ1n) is 2.63. The van der Waals surface area contributed by atoms with Gasteiger partial charge in [-0.2, -0.15) is 4.79 Å². The van der Waals surface area contributed by atoms with Crippen LogP contribution >= 0.6 is 0 Å². The molecule has 8 heavy (non-hydrogen) atoms. The van der Waals surface area contributed by atoms with Crippen molar-refractivity contribution < 1.29 is 14.4 Å². The van der Waals surface area contributed by atoms with E-state index in [-0.39, 0.29) is 6.09 Å². The van der Waals surface area contributed by atoms with Crippen molar-refractivity contribution in [1.82, 2.24) is 0 Å². The summed E-state index contributed by atoms with van der Waals surface area (Å²) in [5, 5.41) is 0. The maximum Gasteiger partial charge on any atom is 0.513 e. The van der Waals surface area contributed by atoms with E-state index in [1.165, 1.54) is 7.11 Å². The lowest BCUT2D eigenvalue weighted by atomic mass is 10.7. The van der Waals surface area contributed by atoms with Gasteiger partial charge in [-0.3, -0.25) is 0 Å². The van der Waals surface area contributed by atoms with Crippen molar-refractivity contribution >= 4 is 6.09 Å². The topological polar surface area (TPSA) is 30.7 Å². The Kier molecular flexibility index (Phi) is 3.19. The SMILES string of the molecule is CC[NH+](C)C(=O)OC. The molecule has 0 aliphatic rings. The normalized spacial score (nSPS) is 12.9. The highest BCUT2D eigenvalue weighted by atomic mass is 16.5. The minimum Gasteiger partial charge on any atom is -0.423 e. The lowest BCUT2D eigenvalue weighted by molar-refractivity contribution is -0.799. The predicted molar refractivity (Wildman–Crippen MR) is 29.8 cm³/mol. The van der Waals surface area contributed by atoms with Crippen LogP contribution in [0.15, 0.2) is 0 Å². The Bertz CT molecular complexity index is 82.5. The van der Waals surface area contributed by atoms with Gasteiger partial charge in [-0.1, -0.05) is 0 Å². The first-order chi connectivity index (χ1) is 3.72. The third kappa shape index (κ3) is 1.93. The van der Waals surface area contributed by atoms with Gasteiger partial charge in [-0.15, -0.1) is 0 Å². The first kappa shape index (κ1) is 7.43. The summed E-state index contributed by atoms with van der Waals surface area (Å²) < 4.78 is 4.43. The van der Waals surface area contributed by atoms with Gasteiger partial charge in [0, 0.05) is 0 Å². The summed E-state index contributed by atoms with van der Waals surface area (Å²) in [6.45, 7) is 2.69. The molecule has 0 heterocycles. The monoisotopic (exact) mass is 118 g/mol. The van der Waals surface area contributed by atoms with E-state index in [2.05, 4.69) is 4.74 Å². The molecule has 0 bridgehead atoms. The number of alkyl carbamates (subject to hydrolysis) is 2. The van der Waals surface area contributed by atoms with E-state index >= 15 is 0 Å². The second kappa shape index (κ2) is 3.43. The third-order valence-corrected chi connectivity index (χ3v) is 1.06. The zero-order valence-electron chi connectivity index (χ0n) is 5.52. The number of ether oxygens (including phenoxy) is 1. The molecule has 0 aromatic carbocycles. The van der Waals surface area contributed by atoms with E-state index in [1.54, 1.807) is 7.05 Å². The number of hydrogen-bond acceptors (Lipinski definition) is 2. The third-order valence-electron chi connectivity index (χ3n) is 1.06. The van der Waals surface area contributed by atoms with Crippen molar-refractivity contribution in [2.45, 2.75) is 6.92 Å². The molecule has 0 rings (SSSR count). The van der Waals surface area contributed by atoms with Gasteiger partial charge in [0.2, 0.25) is 0 Å². The fourth-order valence-corrected chi connectivity index (χ4v) is 0.319. The molecule has 48 valence electrons. The number of hydrogen-bond donors (Lipinski definition) is 1. The van der Waals surface area contributed by atoms with Gasteiger partial charge in [0.15, 0.2) is 0 Å². The van der Waals surface area contributed by atoms with Crippen LogP contribution in [0.25, 0.3) is 0 Å². The summed E-state index contributed by atoms with van der Waals surface area (Å²) in [5.41, 5.74) is 0. The maximum absolute atomic E-state index is 10.5. The molecule has 1 N–H and O–H groups in total. The minimum absolute atomic E-state index is 0.201. The molecule has 0 radical (unpaired) electrons. The standard InChI is InChI=1S/C5H11NO2/c1-4-6(2)5(7)8-3/h4H2,1-3H3/p+1. The summed E-state index contributed by atoms with van der Waals surface area (Å²) in [7, 11) is 3.16. The number of methoxy groups -OCH3 is 1. The maximum atomic E-state index is 10.5. The molecule has 0 aromatic rings. The highest BCUT2D eigenvalue weighted by molar-refractivity contribution is 5.56. The zero-order chi connectivity index (χ0) is 6.57. The molecule has 1 unspecified atom stereocenters. The van der Waals surface area contributed by atoms with E-state index in [0.717, 1.165) is 11.4 Å². The fraction of sp³-hybridized carbons (Fsp3) is 0.800. The van der Waals surface area contributed by atoms with Gasteiger partial charge in [-0.05, 0) is 6.92 Å². The highest BCUT2D eigenvalue weighted by Crippen LogP contribution is 1.59. The molecule has 3 heteroatoms. The molecule has 0 saturated heterocycles. The van der Waals surface area contributed by atoms with Crippen LogP contribution < -0.4 is 4.90 Å². The van der Waals surface area contributed by atoms with Gasteiger partial charge in [-0.25, -0.2) is 4.90 Å². The summed E-state index contributed by atoms with van der Waals surface area (Å²) in [6.07, 6.45) is -0.201. The molecule has 0 saturated carbocycles. The number of quaternary nitrogens is 1. The van der Waals surface area contributed by atoms with Crippen molar-refractivity contribution in [3.8, 4) is 0 Å². The van der Waals surface area contributed by atoms with Crippen LogP contribution in [0.4, 0.5) is 4.79 Å². The van der Waals surface area contributed by atoms with E-state index in [0.29, 0.717) is 0 Å². The van der Waals surface area contributed by atoms with Crippen molar-refractivity contribution in [2.24, 2.45) is 0 Å². The van der Waals surface area contributed by atoms with E-state index in [9.17, 15) is 4.79 Å². The lowest BCUT2D eigenvalue weighted by Gasteiger charge is -2.04. The van der Waals surface area contributed by atoms with Crippen LogP contribution in [-0.4, -0.2) is 26.8 Å². The molecule has 0 fully saturated rings. The quantitative estimate of drug-likeness (QED) is 0.493. The van der Waals surface area contributed by atoms with E-state index in [4.69, 9.17) is 0 Å². The Labute approximate surface area is 49.2 Å². The van der Waals surface area contributed by atoms with Gasteiger partial charge in [0.25, 0.3) is 0 Å². The number of rotatable bonds is 1. The van der Waals surface area contributed by atoms with E-state index < -0.39 is 0 Å². The number of carbonyl (C=O) groups excluding carboxylic acids is 1. The Morgan fingerprint density at radius 2 is 2.25 bits per heavy atom. The molecule has 1 amide bonds. The van der Waals surface area contributed by atoms with Crippen LogP contribution in [0.1, 0.15) is 6.92 Å². The number of nitrogens with one attached hydrogen (secondary N) is 1.